The predicted molar refractivity (Wildman–Crippen MR) is 101 cm³/mol. The first-order valence-electron chi connectivity index (χ1n) is 9.35. The molecule has 3 rings (SSSR count). The number of hydrogen-bond acceptors (Lipinski definition) is 6. The molecule has 0 saturated carbocycles. The molecule has 1 fully saturated rings. The summed E-state index contributed by atoms with van der Waals surface area (Å²) in [5, 5.41) is 20.3. The number of aliphatic carboxylic acids is 1. The summed E-state index contributed by atoms with van der Waals surface area (Å²) in [5.41, 5.74) is 0.707. The average molecular weight is 391 g/mol. The first-order chi connectivity index (χ1) is 13.2. The summed E-state index contributed by atoms with van der Waals surface area (Å²) in [6.07, 6.45) is -0.795. The summed E-state index contributed by atoms with van der Waals surface area (Å²) >= 11 is 0. The number of amides is 1. The van der Waals surface area contributed by atoms with Crippen LogP contribution in [0.2, 0.25) is 0 Å². The molecule has 0 radical (unpaired) electrons. The second-order valence-electron chi connectivity index (χ2n) is 7.56. The van der Waals surface area contributed by atoms with Crippen molar-refractivity contribution in [2.75, 3.05) is 26.9 Å². The number of ether oxygens (including phenoxy) is 2. The van der Waals surface area contributed by atoms with Crippen LogP contribution in [-0.2, 0) is 25.5 Å². The fourth-order valence-corrected chi connectivity index (χ4v) is 4.33. The highest BCUT2D eigenvalue weighted by atomic mass is 16.6. The molecule has 0 aliphatic carbocycles. The quantitative estimate of drug-likeness (QED) is 0.690. The van der Waals surface area contributed by atoms with Crippen LogP contribution in [0.15, 0.2) is 12.1 Å². The number of carboxylic acids is 1. The van der Waals surface area contributed by atoms with Crippen LogP contribution in [0.5, 0.6) is 0 Å². The molecule has 0 aromatic heterocycles. The SMILES string of the molecule is Cc1c(C(=O)N(C)[C@](C(=O)O)(C(C)C)C2COCCO2)ccc2c1B(O)OC2. The Bertz CT molecular complexity index is 778. The van der Waals surface area contributed by atoms with Gasteiger partial charge in [0.25, 0.3) is 5.91 Å². The van der Waals surface area contributed by atoms with Gasteiger partial charge in [0.1, 0.15) is 6.10 Å². The molecule has 0 bridgehead atoms. The molecule has 152 valence electrons. The summed E-state index contributed by atoms with van der Waals surface area (Å²) in [7, 11) is 0.394. The molecule has 2 aliphatic rings. The van der Waals surface area contributed by atoms with Crippen LogP contribution in [-0.4, -0.2) is 72.5 Å². The largest absolute Gasteiger partial charge is 0.492 e. The number of benzene rings is 1. The van der Waals surface area contributed by atoms with Gasteiger partial charge in [0, 0.05) is 12.6 Å². The van der Waals surface area contributed by atoms with Crippen LogP contribution < -0.4 is 5.46 Å². The van der Waals surface area contributed by atoms with Crippen LogP contribution in [0.1, 0.15) is 35.3 Å². The lowest BCUT2D eigenvalue weighted by Crippen LogP contribution is -2.68. The number of fused-ring (bicyclic) bond motifs is 1. The zero-order chi connectivity index (χ0) is 20.6. The molecule has 0 spiro atoms. The van der Waals surface area contributed by atoms with Gasteiger partial charge >= 0.3 is 13.1 Å². The average Bonchev–Trinajstić information content (AvgIpc) is 3.04. The van der Waals surface area contributed by atoms with E-state index < -0.39 is 36.6 Å². The van der Waals surface area contributed by atoms with Crippen LogP contribution in [0, 0.1) is 12.8 Å². The lowest BCUT2D eigenvalue weighted by Gasteiger charge is -2.47. The molecular weight excluding hydrogens is 365 g/mol. The maximum atomic E-state index is 13.4. The first kappa shape index (κ1) is 20.8. The van der Waals surface area contributed by atoms with Crippen LogP contribution in [0.4, 0.5) is 0 Å². The molecule has 2 aliphatic heterocycles. The van der Waals surface area contributed by atoms with E-state index in [0.717, 1.165) is 5.56 Å². The molecule has 9 heteroatoms. The number of carboxylic acid groups (broad SMARTS) is 1. The van der Waals surface area contributed by atoms with Crippen LogP contribution in [0.25, 0.3) is 0 Å². The van der Waals surface area contributed by atoms with Crippen molar-refractivity contribution >= 4 is 24.5 Å². The molecule has 2 heterocycles. The Morgan fingerprint density at radius 3 is 2.61 bits per heavy atom. The van der Waals surface area contributed by atoms with Crippen LogP contribution >= 0.6 is 0 Å². The third-order valence-corrected chi connectivity index (χ3v) is 5.87. The second kappa shape index (κ2) is 7.83. The van der Waals surface area contributed by atoms with Crippen LogP contribution in [0.3, 0.4) is 0 Å². The lowest BCUT2D eigenvalue weighted by molar-refractivity contribution is -0.184. The fraction of sp³-hybridized carbons (Fsp3) is 0.579. The Balaban J connectivity index is 2.04. The number of nitrogens with zero attached hydrogens (tertiary/aromatic N) is 1. The van der Waals surface area contributed by atoms with E-state index >= 15 is 0 Å². The van der Waals surface area contributed by atoms with E-state index in [0.29, 0.717) is 23.2 Å². The second-order valence-corrected chi connectivity index (χ2v) is 7.56. The minimum atomic E-state index is -1.60. The van der Waals surface area contributed by atoms with E-state index in [4.69, 9.17) is 14.1 Å². The number of carbonyl (C=O) groups is 2. The number of hydrogen-bond donors (Lipinski definition) is 2. The van der Waals surface area contributed by atoms with Gasteiger partial charge in [-0.2, -0.15) is 0 Å². The van der Waals surface area contributed by atoms with Crippen molar-refractivity contribution in [1.82, 2.24) is 4.90 Å². The van der Waals surface area contributed by atoms with E-state index in [1.165, 1.54) is 11.9 Å². The van der Waals surface area contributed by atoms with Gasteiger partial charge in [-0.15, -0.1) is 0 Å². The Hall–Kier alpha value is -1.94. The van der Waals surface area contributed by atoms with E-state index in [2.05, 4.69) is 0 Å². The Kier molecular flexibility index (Phi) is 5.81. The lowest BCUT2D eigenvalue weighted by atomic mass is 9.74. The molecule has 1 aromatic carbocycles. The predicted octanol–water partition coefficient (Wildman–Crippen LogP) is 0.180. The highest BCUT2D eigenvalue weighted by molar-refractivity contribution is 6.62. The van der Waals surface area contributed by atoms with Gasteiger partial charge in [0.2, 0.25) is 0 Å². The molecule has 28 heavy (non-hydrogen) atoms. The summed E-state index contributed by atoms with van der Waals surface area (Å²) in [4.78, 5) is 27.1. The molecule has 2 N–H and O–H groups in total. The van der Waals surface area contributed by atoms with E-state index in [9.17, 15) is 19.7 Å². The highest BCUT2D eigenvalue weighted by Gasteiger charge is 2.55. The van der Waals surface area contributed by atoms with Gasteiger partial charge in [0.05, 0.1) is 26.4 Å². The molecule has 1 unspecified atom stereocenters. The number of carbonyl (C=O) groups excluding carboxylic acids is 1. The smallest absolute Gasteiger partial charge is 0.479 e. The standard InChI is InChI=1S/C19H26BNO7/c1-11(2)19(18(23)24,15-10-26-7-8-27-15)21(4)17(22)14-6-5-13-9-28-20(25)16(13)12(14)3/h5-6,11,15,25H,7-10H2,1-4H3,(H,23,24)/t15?,19-/m1/s1. The van der Waals surface area contributed by atoms with Crippen molar-refractivity contribution in [2.45, 2.75) is 39.0 Å². The zero-order valence-electron chi connectivity index (χ0n) is 16.6. The van der Waals surface area contributed by atoms with Gasteiger partial charge in [-0.05, 0) is 35.5 Å². The maximum Gasteiger partial charge on any atom is 0.492 e. The fourth-order valence-electron chi connectivity index (χ4n) is 4.33. The normalized spacial score (nSPS) is 21.4. The van der Waals surface area contributed by atoms with E-state index in [-0.39, 0.29) is 19.8 Å². The van der Waals surface area contributed by atoms with Crippen molar-refractivity contribution in [1.29, 1.82) is 0 Å². The Labute approximate surface area is 164 Å². The molecular formula is C19H26BNO7. The maximum absolute atomic E-state index is 13.4. The van der Waals surface area contributed by atoms with Crippen molar-refractivity contribution < 1.29 is 33.8 Å². The van der Waals surface area contributed by atoms with Crippen molar-refractivity contribution in [3.05, 3.63) is 28.8 Å². The van der Waals surface area contributed by atoms with Gasteiger partial charge in [-0.1, -0.05) is 19.9 Å². The monoisotopic (exact) mass is 391 g/mol. The van der Waals surface area contributed by atoms with Crippen molar-refractivity contribution in [3.8, 4) is 0 Å². The molecule has 2 atom stereocenters. The number of likely N-dealkylation sites (N-methyl/N-ethyl adjacent to an activating group) is 1. The van der Waals surface area contributed by atoms with Gasteiger partial charge in [-0.25, -0.2) is 4.79 Å². The van der Waals surface area contributed by atoms with Gasteiger partial charge in [-0.3, -0.25) is 4.79 Å². The molecule has 8 nitrogen and oxygen atoms in total. The number of rotatable bonds is 5. The van der Waals surface area contributed by atoms with Crippen molar-refractivity contribution in [2.24, 2.45) is 5.92 Å². The topological polar surface area (TPSA) is 106 Å². The molecule has 1 saturated heterocycles. The summed E-state index contributed by atoms with van der Waals surface area (Å²) in [5.74, 6) is -2.03. The third kappa shape index (κ3) is 3.12. The summed E-state index contributed by atoms with van der Waals surface area (Å²) in [6.45, 7) is 6.28. The van der Waals surface area contributed by atoms with Gasteiger partial charge < -0.3 is 29.2 Å². The Morgan fingerprint density at radius 2 is 2.04 bits per heavy atom. The minimum absolute atomic E-state index is 0.0951. The zero-order valence-corrected chi connectivity index (χ0v) is 16.6. The van der Waals surface area contributed by atoms with E-state index in [1.54, 1.807) is 32.9 Å². The van der Waals surface area contributed by atoms with E-state index in [1.807, 2.05) is 0 Å². The summed E-state index contributed by atoms with van der Waals surface area (Å²) in [6, 6.07) is 3.39. The highest BCUT2D eigenvalue weighted by Crippen LogP contribution is 2.33. The Morgan fingerprint density at radius 1 is 1.32 bits per heavy atom. The van der Waals surface area contributed by atoms with Gasteiger partial charge in [0.15, 0.2) is 5.54 Å². The molecule has 1 amide bonds. The molecule has 1 aromatic rings. The third-order valence-electron chi connectivity index (χ3n) is 5.87. The summed E-state index contributed by atoms with van der Waals surface area (Å²) < 4.78 is 16.4. The minimum Gasteiger partial charge on any atom is -0.479 e. The van der Waals surface area contributed by atoms with Crippen molar-refractivity contribution in [3.63, 3.8) is 0 Å². The first-order valence-corrected chi connectivity index (χ1v) is 9.35.